The van der Waals surface area contributed by atoms with Gasteiger partial charge in [0.2, 0.25) is 0 Å². The predicted molar refractivity (Wildman–Crippen MR) is 78.6 cm³/mol. The van der Waals surface area contributed by atoms with Crippen LogP contribution >= 0.6 is 22.7 Å². The van der Waals surface area contributed by atoms with Crippen molar-refractivity contribution in [3.63, 3.8) is 0 Å². The largest absolute Gasteiger partial charge is 0.384 e. The highest BCUT2D eigenvalue weighted by molar-refractivity contribution is 7.10. The first-order valence-electron chi connectivity index (χ1n) is 5.77. The Kier molecular flexibility index (Phi) is 5.16. The number of amides is 1. The van der Waals surface area contributed by atoms with Gasteiger partial charge in [-0.3, -0.25) is 4.79 Å². The van der Waals surface area contributed by atoms with E-state index in [4.69, 9.17) is 5.11 Å². The summed E-state index contributed by atoms with van der Waals surface area (Å²) in [7, 11) is 0. The van der Waals surface area contributed by atoms with Gasteiger partial charge in [0.1, 0.15) is 6.61 Å². The minimum absolute atomic E-state index is 0.0801. The van der Waals surface area contributed by atoms with Crippen LogP contribution in [-0.2, 0) is 6.42 Å². The molecule has 0 saturated carbocycles. The van der Waals surface area contributed by atoms with Gasteiger partial charge in [-0.15, -0.1) is 11.3 Å². The van der Waals surface area contributed by atoms with Crippen LogP contribution < -0.4 is 5.32 Å². The summed E-state index contributed by atoms with van der Waals surface area (Å²) in [6, 6.07) is 3.80. The Morgan fingerprint density at radius 3 is 3.05 bits per heavy atom. The van der Waals surface area contributed by atoms with Crippen molar-refractivity contribution in [2.45, 2.75) is 6.42 Å². The topological polar surface area (TPSA) is 49.3 Å². The van der Waals surface area contributed by atoms with Crippen LogP contribution in [0.3, 0.4) is 0 Å². The lowest BCUT2D eigenvalue weighted by atomic mass is 10.2. The second kappa shape index (κ2) is 7.10. The first-order valence-corrected chi connectivity index (χ1v) is 7.59. The van der Waals surface area contributed by atoms with Gasteiger partial charge in [0.25, 0.3) is 5.91 Å². The maximum absolute atomic E-state index is 11.9. The number of aliphatic hydroxyl groups is 1. The van der Waals surface area contributed by atoms with Crippen molar-refractivity contribution in [2.75, 3.05) is 13.2 Å². The summed E-state index contributed by atoms with van der Waals surface area (Å²) in [5.41, 5.74) is 1.86. The van der Waals surface area contributed by atoms with E-state index in [-0.39, 0.29) is 12.5 Å². The number of nitrogens with one attached hydrogen (secondary N) is 1. The van der Waals surface area contributed by atoms with Crippen LogP contribution in [0.1, 0.15) is 20.8 Å². The number of hydrogen-bond donors (Lipinski definition) is 2. The Bertz CT molecular complexity index is 590. The lowest BCUT2D eigenvalue weighted by Gasteiger charge is -2.01. The highest BCUT2D eigenvalue weighted by Gasteiger charge is 2.07. The van der Waals surface area contributed by atoms with E-state index >= 15 is 0 Å². The highest BCUT2D eigenvalue weighted by Crippen LogP contribution is 2.13. The normalized spacial score (nSPS) is 9.74. The fraction of sp³-hybridized carbons (Fsp3) is 0.214. The molecular weight excluding hydrogens is 278 g/mol. The number of carbonyl (C=O) groups is 1. The van der Waals surface area contributed by atoms with E-state index in [0.717, 1.165) is 11.3 Å². The van der Waals surface area contributed by atoms with Crippen molar-refractivity contribution in [1.29, 1.82) is 0 Å². The van der Waals surface area contributed by atoms with Crippen LogP contribution in [0.5, 0.6) is 0 Å². The molecule has 2 N–H and O–H groups in total. The molecule has 2 aromatic rings. The summed E-state index contributed by atoms with van der Waals surface area (Å²) in [5, 5.41) is 17.4. The molecule has 0 unspecified atom stereocenters. The molecule has 0 bridgehead atoms. The molecule has 0 aliphatic heterocycles. The molecular formula is C14H13NO2S2. The summed E-state index contributed by atoms with van der Waals surface area (Å²) in [5.74, 6) is 5.27. The van der Waals surface area contributed by atoms with Crippen molar-refractivity contribution < 1.29 is 9.90 Å². The minimum Gasteiger partial charge on any atom is -0.384 e. The Morgan fingerprint density at radius 1 is 1.42 bits per heavy atom. The molecule has 2 heterocycles. The Morgan fingerprint density at radius 2 is 2.32 bits per heavy atom. The molecule has 0 fully saturated rings. The third-order valence-electron chi connectivity index (χ3n) is 2.43. The molecule has 0 saturated heterocycles. The minimum atomic E-state index is -0.167. The SMILES string of the molecule is O=C(NCCc1ccsc1)c1csc(C#CCO)c1. The molecule has 1 amide bonds. The van der Waals surface area contributed by atoms with E-state index in [0.29, 0.717) is 12.1 Å². The average Bonchev–Trinajstić information content (AvgIpc) is 3.07. The van der Waals surface area contributed by atoms with Crippen LogP contribution in [0.15, 0.2) is 28.3 Å². The van der Waals surface area contributed by atoms with E-state index in [2.05, 4.69) is 28.6 Å². The number of rotatable bonds is 4. The maximum atomic E-state index is 11.9. The zero-order valence-corrected chi connectivity index (χ0v) is 11.8. The van der Waals surface area contributed by atoms with E-state index in [9.17, 15) is 4.79 Å². The van der Waals surface area contributed by atoms with Gasteiger partial charge in [-0.05, 0) is 34.9 Å². The number of carbonyl (C=O) groups excluding carboxylic acids is 1. The molecule has 98 valence electrons. The maximum Gasteiger partial charge on any atom is 0.252 e. The first kappa shape index (κ1) is 13.8. The summed E-state index contributed by atoms with van der Waals surface area (Å²) in [6.45, 7) is 0.461. The van der Waals surface area contributed by atoms with Crippen LogP contribution in [0.4, 0.5) is 0 Å². The number of thiophene rings is 2. The lowest BCUT2D eigenvalue weighted by molar-refractivity contribution is 0.0954. The summed E-state index contributed by atoms with van der Waals surface area (Å²) in [4.78, 5) is 12.6. The monoisotopic (exact) mass is 291 g/mol. The molecule has 3 nitrogen and oxygen atoms in total. The van der Waals surface area contributed by atoms with Gasteiger partial charge in [0.05, 0.1) is 10.4 Å². The van der Waals surface area contributed by atoms with E-state index in [1.165, 1.54) is 16.9 Å². The van der Waals surface area contributed by atoms with E-state index in [1.807, 2.05) is 5.38 Å². The molecule has 2 aromatic heterocycles. The van der Waals surface area contributed by atoms with Crippen LogP contribution in [-0.4, -0.2) is 24.2 Å². The van der Waals surface area contributed by atoms with Crippen LogP contribution in [0.25, 0.3) is 0 Å². The van der Waals surface area contributed by atoms with Crippen LogP contribution in [0.2, 0.25) is 0 Å². The molecule has 0 aromatic carbocycles. The van der Waals surface area contributed by atoms with Gasteiger partial charge in [-0.2, -0.15) is 11.3 Å². The number of aliphatic hydroxyl groups excluding tert-OH is 1. The average molecular weight is 291 g/mol. The van der Waals surface area contributed by atoms with Crippen molar-refractivity contribution >= 4 is 28.6 Å². The standard InChI is InChI=1S/C14H13NO2S2/c16-6-1-2-13-8-12(10-19-13)14(17)15-5-3-11-4-7-18-9-11/h4,7-10,16H,3,5-6H2,(H,15,17). The zero-order chi connectivity index (χ0) is 13.5. The van der Waals surface area contributed by atoms with Gasteiger partial charge in [-0.1, -0.05) is 11.8 Å². The summed E-state index contributed by atoms with van der Waals surface area (Å²) >= 11 is 3.06. The fourth-order valence-corrected chi connectivity index (χ4v) is 2.96. The van der Waals surface area contributed by atoms with Gasteiger partial charge >= 0.3 is 0 Å². The Labute approximate surface area is 119 Å². The Hall–Kier alpha value is -1.61. The number of hydrogen-bond acceptors (Lipinski definition) is 4. The van der Waals surface area contributed by atoms with Crippen molar-refractivity contribution in [3.05, 3.63) is 44.3 Å². The molecule has 0 atom stereocenters. The third kappa shape index (κ3) is 4.21. The van der Waals surface area contributed by atoms with Crippen molar-refractivity contribution in [1.82, 2.24) is 5.32 Å². The van der Waals surface area contributed by atoms with Crippen molar-refractivity contribution in [2.24, 2.45) is 0 Å². The highest BCUT2D eigenvalue weighted by atomic mass is 32.1. The fourth-order valence-electron chi connectivity index (χ4n) is 1.50. The summed E-state index contributed by atoms with van der Waals surface area (Å²) in [6.07, 6.45) is 0.844. The second-order valence-electron chi connectivity index (χ2n) is 3.80. The second-order valence-corrected chi connectivity index (χ2v) is 5.49. The molecule has 2 rings (SSSR count). The molecule has 0 spiro atoms. The van der Waals surface area contributed by atoms with Crippen molar-refractivity contribution in [3.8, 4) is 11.8 Å². The molecule has 19 heavy (non-hydrogen) atoms. The first-order chi connectivity index (χ1) is 9.29. The quantitative estimate of drug-likeness (QED) is 0.848. The van der Waals surface area contributed by atoms with Gasteiger partial charge in [-0.25, -0.2) is 0 Å². The third-order valence-corrected chi connectivity index (χ3v) is 4.01. The van der Waals surface area contributed by atoms with Gasteiger partial charge < -0.3 is 10.4 Å². The zero-order valence-electron chi connectivity index (χ0n) is 10.2. The van der Waals surface area contributed by atoms with Gasteiger partial charge in [0, 0.05) is 11.9 Å². The molecule has 0 radical (unpaired) electrons. The smallest absolute Gasteiger partial charge is 0.252 e. The van der Waals surface area contributed by atoms with Crippen LogP contribution in [0, 0.1) is 11.8 Å². The van der Waals surface area contributed by atoms with E-state index in [1.54, 1.807) is 22.8 Å². The molecule has 0 aliphatic rings. The summed E-state index contributed by atoms with van der Waals surface area (Å²) < 4.78 is 0. The van der Waals surface area contributed by atoms with E-state index < -0.39 is 0 Å². The molecule has 5 heteroatoms. The predicted octanol–water partition coefficient (Wildman–Crippen LogP) is 2.13. The lowest BCUT2D eigenvalue weighted by Crippen LogP contribution is -2.25. The Balaban J connectivity index is 1.84. The van der Waals surface area contributed by atoms with Gasteiger partial charge in [0.15, 0.2) is 0 Å². The molecule has 0 aliphatic carbocycles.